The Bertz CT molecular complexity index is 441. The van der Waals surface area contributed by atoms with Crippen LogP contribution in [0.4, 0.5) is 13.2 Å². The van der Waals surface area contributed by atoms with Crippen LogP contribution in [0.3, 0.4) is 0 Å². The first-order valence-electron chi connectivity index (χ1n) is 6.40. The highest BCUT2D eigenvalue weighted by atomic mass is 32.1. The molecule has 2 N–H and O–H groups in total. The number of amides is 1. The minimum Gasteiger partial charge on any atom is -0.346 e. The molecule has 1 aliphatic carbocycles. The van der Waals surface area contributed by atoms with Crippen molar-refractivity contribution < 1.29 is 18.0 Å². The van der Waals surface area contributed by atoms with Crippen LogP contribution in [0.5, 0.6) is 0 Å². The number of alkyl halides is 3. The lowest BCUT2D eigenvalue weighted by Gasteiger charge is -2.28. The molecule has 1 fully saturated rings. The molecule has 1 aromatic rings. The van der Waals surface area contributed by atoms with Crippen LogP contribution in [0.2, 0.25) is 0 Å². The quantitative estimate of drug-likeness (QED) is 0.876. The Morgan fingerprint density at radius 3 is 2.65 bits per heavy atom. The molecule has 20 heavy (non-hydrogen) atoms. The van der Waals surface area contributed by atoms with Crippen molar-refractivity contribution in [1.29, 1.82) is 0 Å². The zero-order valence-electron chi connectivity index (χ0n) is 10.8. The van der Waals surface area contributed by atoms with E-state index in [2.05, 4.69) is 10.3 Å². The van der Waals surface area contributed by atoms with Crippen molar-refractivity contribution in [3.8, 4) is 0 Å². The van der Waals surface area contributed by atoms with Gasteiger partial charge in [-0.15, -0.1) is 11.3 Å². The zero-order valence-corrected chi connectivity index (χ0v) is 11.6. The van der Waals surface area contributed by atoms with Crippen LogP contribution in [-0.4, -0.2) is 30.2 Å². The van der Waals surface area contributed by atoms with Crippen LogP contribution in [0.15, 0.2) is 11.6 Å². The van der Waals surface area contributed by atoms with Gasteiger partial charge in [-0.2, -0.15) is 13.2 Å². The molecule has 0 radical (unpaired) electrons. The summed E-state index contributed by atoms with van der Waals surface area (Å²) in [5.74, 6) is -0.648. The Balaban J connectivity index is 1.89. The molecule has 4 nitrogen and oxygen atoms in total. The second-order valence-electron chi connectivity index (χ2n) is 4.87. The van der Waals surface area contributed by atoms with Gasteiger partial charge in [0.05, 0.1) is 12.1 Å². The van der Waals surface area contributed by atoms with Crippen molar-refractivity contribution in [2.45, 2.75) is 37.4 Å². The number of thiazole rings is 1. The van der Waals surface area contributed by atoms with Crippen molar-refractivity contribution in [3.05, 3.63) is 16.6 Å². The summed E-state index contributed by atoms with van der Waals surface area (Å²) in [4.78, 5) is 15.7. The molecule has 1 amide bonds. The van der Waals surface area contributed by atoms with Gasteiger partial charge < -0.3 is 5.32 Å². The Hall–Kier alpha value is -1.15. The predicted octanol–water partition coefficient (Wildman–Crippen LogP) is 2.18. The van der Waals surface area contributed by atoms with Gasteiger partial charge in [-0.25, -0.2) is 4.98 Å². The van der Waals surface area contributed by atoms with Gasteiger partial charge in [0.2, 0.25) is 5.91 Å². The lowest BCUT2D eigenvalue weighted by Crippen LogP contribution is -2.46. The highest BCUT2D eigenvalue weighted by Gasteiger charge is 2.38. The maximum atomic E-state index is 12.0. The van der Waals surface area contributed by atoms with Gasteiger partial charge in [0.15, 0.2) is 0 Å². The summed E-state index contributed by atoms with van der Waals surface area (Å²) in [6, 6.07) is 0. The van der Waals surface area contributed by atoms with E-state index in [0.717, 1.165) is 30.7 Å². The SMILES string of the molecule is O=C(CNC1(c2nccs2)CCCC1)NCC(F)(F)F. The van der Waals surface area contributed by atoms with E-state index in [4.69, 9.17) is 0 Å². The number of carbonyl (C=O) groups excluding carboxylic acids is 1. The summed E-state index contributed by atoms with van der Waals surface area (Å²) in [5.41, 5.74) is -0.357. The van der Waals surface area contributed by atoms with Gasteiger partial charge >= 0.3 is 6.18 Å². The molecule has 1 aliphatic rings. The summed E-state index contributed by atoms with van der Waals surface area (Å²) in [6.07, 6.45) is 1.08. The normalized spacial score (nSPS) is 18.1. The lowest BCUT2D eigenvalue weighted by atomic mass is 9.98. The molecule has 0 saturated heterocycles. The number of hydrogen-bond donors (Lipinski definition) is 2. The number of nitrogens with one attached hydrogen (secondary N) is 2. The fourth-order valence-electron chi connectivity index (χ4n) is 2.42. The molecule has 0 aromatic carbocycles. The smallest absolute Gasteiger partial charge is 0.346 e. The number of hydrogen-bond acceptors (Lipinski definition) is 4. The topological polar surface area (TPSA) is 54.0 Å². The summed E-state index contributed by atoms with van der Waals surface area (Å²) >= 11 is 1.50. The van der Waals surface area contributed by atoms with E-state index in [9.17, 15) is 18.0 Å². The molecule has 0 atom stereocenters. The third-order valence-electron chi connectivity index (χ3n) is 3.37. The van der Waals surface area contributed by atoms with Gasteiger partial charge in [0.1, 0.15) is 11.6 Å². The minimum absolute atomic E-state index is 0.129. The molecule has 8 heteroatoms. The number of carbonyl (C=O) groups is 1. The van der Waals surface area contributed by atoms with Crippen molar-refractivity contribution in [2.75, 3.05) is 13.1 Å². The molecular formula is C12H16F3N3OS. The highest BCUT2D eigenvalue weighted by Crippen LogP contribution is 2.39. The second-order valence-corrected chi connectivity index (χ2v) is 5.77. The van der Waals surface area contributed by atoms with E-state index in [0.29, 0.717) is 0 Å². The molecule has 2 rings (SSSR count). The standard InChI is InChI=1S/C12H16F3N3OS/c13-12(14,15)8-17-9(19)7-18-11(3-1-2-4-11)10-16-5-6-20-10/h5-6,18H,1-4,7-8H2,(H,17,19). The Morgan fingerprint density at radius 2 is 2.10 bits per heavy atom. The first kappa shape index (κ1) is 15.2. The zero-order chi connectivity index (χ0) is 14.6. The molecule has 0 spiro atoms. The number of rotatable bonds is 5. The molecule has 1 heterocycles. The number of aromatic nitrogens is 1. The van der Waals surface area contributed by atoms with Crippen LogP contribution in [0.25, 0.3) is 0 Å². The monoisotopic (exact) mass is 307 g/mol. The molecular weight excluding hydrogens is 291 g/mol. The van der Waals surface area contributed by atoms with Crippen molar-refractivity contribution in [1.82, 2.24) is 15.6 Å². The largest absolute Gasteiger partial charge is 0.405 e. The van der Waals surface area contributed by atoms with Crippen LogP contribution in [-0.2, 0) is 10.3 Å². The van der Waals surface area contributed by atoms with E-state index in [1.165, 1.54) is 11.3 Å². The maximum absolute atomic E-state index is 12.0. The van der Waals surface area contributed by atoms with Crippen LogP contribution in [0, 0.1) is 0 Å². The fraction of sp³-hybridized carbons (Fsp3) is 0.667. The van der Waals surface area contributed by atoms with Crippen LogP contribution in [0.1, 0.15) is 30.7 Å². The molecule has 112 valence electrons. The van der Waals surface area contributed by atoms with Crippen molar-refractivity contribution in [3.63, 3.8) is 0 Å². The fourth-order valence-corrected chi connectivity index (χ4v) is 3.29. The van der Waals surface area contributed by atoms with Gasteiger partial charge in [-0.1, -0.05) is 12.8 Å². The molecule has 0 bridgehead atoms. The third kappa shape index (κ3) is 3.92. The van der Waals surface area contributed by atoms with E-state index in [1.807, 2.05) is 10.7 Å². The molecule has 0 unspecified atom stereocenters. The average molecular weight is 307 g/mol. The van der Waals surface area contributed by atoms with Gasteiger partial charge in [0, 0.05) is 11.6 Å². The van der Waals surface area contributed by atoms with E-state index >= 15 is 0 Å². The molecule has 1 aromatic heterocycles. The van der Waals surface area contributed by atoms with Crippen LogP contribution < -0.4 is 10.6 Å². The van der Waals surface area contributed by atoms with Gasteiger partial charge in [0.25, 0.3) is 0 Å². The third-order valence-corrected chi connectivity index (χ3v) is 4.35. The first-order valence-corrected chi connectivity index (χ1v) is 7.28. The maximum Gasteiger partial charge on any atom is 0.405 e. The van der Waals surface area contributed by atoms with Crippen molar-refractivity contribution in [2.24, 2.45) is 0 Å². The van der Waals surface area contributed by atoms with E-state index < -0.39 is 18.6 Å². The Morgan fingerprint density at radius 1 is 1.40 bits per heavy atom. The van der Waals surface area contributed by atoms with Crippen molar-refractivity contribution >= 4 is 17.2 Å². The van der Waals surface area contributed by atoms with Gasteiger partial charge in [-0.3, -0.25) is 10.1 Å². The average Bonchev–Trinajstić information content (AvgIpc) is 3.04. The van der Waals surface area contributed by atoms with E-state index in [-0.39, 0.29) is 12.1 Å². The summed E-state index contributed by atoms with van der Waals surface area (Å²) in [7, 11) is 0. The number of halogens is 3. The highest BCUT2D eigenvalue weighted by molar-refractivity contribution is 7.09. The summed E-state index contributed by atoms with van der Waals surface area (Å²) < 4.78 is 36.0. The summed E-state index contributed by atoms with van der Waals surface area (Å²) in [6.45, 7) is -1.42. The molecule has 1 saturated carbocycles. The predicted molar refractivity (Wildman–Crippen MR) is 69.3 cm³/mol. The van der Waals surface area contributed by atoms with E-state index in [1.54, 1.807) is 6.20 Å². The first-order chi connectivity index (χ1) is 9.41. The number of nitrogens with zero attached hydrogens (tertiary/aromatic N) is 1. The Labute approximate surface area is 118 Å². The van der Waals surface area contributed by atoms with Gasteiger partial charge in [-0.05, 0) is 12.8 Å². The summed E-state index contributed by atoms with van der Waals surface area (Å²) in [5, 5.41) is 7.73. The van der Waals surface area contributed by atoms with Crippen LogP contribution >= 0.6 is 11.3 Å². The molecule has 0 aliphatic heterocycles. The Kier molecular flexibility index (Phi) is 4.64. The second kappa shape index (κ2) is 6.09. The lowest BCUT2D eigenvalue weighted by molar-refractivity contribution is -0.138. The minimum atomic E-state index is -4.38.